The fourth-order valence-corrected chi connectivity index (χ4v) is 2.21. The fraction of sp³-hybridized carbons (Fsp3) is 0.538. The second kappa shape index (κ2) is 5.27. The van der Waals surface area contributed by atoms with Crippen molar-refractivity contribution in [3.63, 3.8) is 0 Å². The summed E-state index contributed by atoms with van der Waals surface area (Å²) in [5.74, 6) is 0.500. The van der Waals surface area contributed by atoms with Crippen LogP contribution < -0.4 is 0 Å². The van der Waals surface area contributed by atoms with Crippen LogP contribution in [0.25, 0.3) is 0 Å². The van der Waals surface area contributed by atoms with E-state index in [1.807, 2.05) is 24.0 Å². The van der Waals surface area contributed by atoms with Gasteiger partial charge < -0.3 is 10.0 Å². The van der Waals surface area contributed by atoms with Crippen LogP contribution in [0.3, 0.4) is 0 Å². The second-order valence-electron chi connectivity index (χ2n) is 4.61. The Bertz CT molecular complexity index is 389. The maximum atomic E-state index is 12.1. The van der Waals surface area contributed by atoms with Gasteiger partial charge in [0.2, 0.25) is 0 Å². The largest absolute Gasteiger partial charge is 0.396 e. The number of rotatable bonds is 3. The zero-order chi connectivity index (χ0) is 12.3. The molecule has 1 N–H and O–H groups in total. The van der Waals surface area contributed by atoms with E-state index >= 15 is 0 Å². The molecule has 1 amide bonds. The SMILES string of the molecule is Cc1ccc(C(=O)N2CCC(CCO)C2)cn1. The maximum absolute atomic E-state index is 12.1. The number of aryl methyl sites for hydroxylation is 1. The number of hydrogen-bond donors (Lipinski definition) is 1. The average Bonchev–Trinajstić information content (AvgIpc) is 2.78. The molecule has 0 aliphatic carbocycles. The number of amides is 1. The number of likely N-dealkylation sites (tertiary alicyclic amines) is 1. The van der Waals surface area contributed by atoms with Crippen molar-refractivity contribution < 1.29 is 9.90 Å². The molecule has 0 bridgehead atoms. The van der Waals surface area contributed by atoms with E-state index in [2.05, 4.69) is 4.98 Å². The Hall–Kier alpha value is -1.42. The molecule has 1 aromatic rings. The molecule has 4 nitrogen and oxygen atoms in total. The minimum absolute atomic E-state index is 0.0536. The normalized spacial score (nSPS) is 19.6. The number of pyridine rings is 1. The van der Waals surface area contributed by atoms with E-state index in [1.54, 1.807) is 6.20 Å². The summed E-state index contributed by atoms with van der Waals surface area (Å²) in [4.78, 5) is 18.1. The molecule has 92 valence electrons. The zero-order valence-electron chi connectivity index (χ0n) is 10.1. The molecule has 0 radical (unpaired) electrons. The van der Waals surface area contributed by atoms with Gasteiger partial charge in [-0.2, -0.15) is 0 Å². The Morgan fingerprint density at radius 2 is 2.41 bits per heavy atom. The van der Waals surface area contributed by atoms with Crippen LogP contribution in [0.1, 0.15) is 28.9 Å². The quantitative estimate of drug-likeness (QED) is 0.856. The number of hydrogen-bond acceptors (Lipinski definition) is 3. The summed E-state index contributed by atoms with van der Waals surface area (Å²) in [6.07, 6.45) is 3.42. The van der Waals surface area contributed by atoms with Gasteiger partial charge in [-0.25, -0.2) is 0 Å². The number of carbonyl (C=O) groups is 1. The molecule has 0 spiro atoms. The molecule has 1 aliphatic heterocycles. The highest BCUT2D eigenvalue weighted by Crippen LogP contribution is 2.20. The maximum Gasteiger partial charge on any atom is 0.255 e. The van der Waals surface area contributed by atoms with E-state index in [-0.39, 0.29) is 12.5 Å². The first-order valence-electron chi connectivity index (χ1n) is 6.03. The van der Waals surface area contributed by atoms with Crippen molar-refractivity contribution in [1.82, 2.24) is 9.88 Å². The van der Waals surface area contributed by atoms with Crippen LogP contribution in [0.15, 0.2) is 18.3 Å². The number of aromatic nitrogens is 1. The summed E-state index contributed by atoms with van der Waals surface area (Å²) in [5, 5.41) is 8.89. The van der Waals surface area contributed by atoms with Gasteiger partial charge in [0.05, 0.1) is 5.56 Å². The average molecular weight is 234 g/mol. The monoisotopic (exact) mass is 234 g/mol. The first-order chi connectivity index (χ1) is 8.20. The molecule has 0 saturated carbocycles. The van der Waals surface area contributed by atoms with Gasteiger partial charge in [-0.1, -0.05) is 0 Å². The van der Waals surface area contributed by atoms with Crippen LogP contribution in [-0.2, 0) is 0 Å². The summed E-state index contributed by atoms with van der Waals surface area (Å²) in [5.41, 5.74) is 1.57. The van der Waals surface area contributed by atoms with Crippen molar-refractivity contribution in [2.45, 2.75) is 19.8 Å². The van der Waals surface area contributed by atoms with Crippen LogP contribution in [0.5, 0.6) is 0 Å². The van der Waals surface area contributed by atoms with Gasteiger partial charge in [-0.05, 0) is 37.8 Å². The molecular weight excluding hydrogens is 216 g/mol. The molecule has 1 unspecified atom stereocenters. The molecule has 1 aromatic heterocycles. The van der Waals surface area contributed by atoms with Gasteiger partial charge in [0, 0.05) is 31.6 Å². The predicted octanol–water partition coefficient (Wildman–Crippen LogP) is 1.23. The Morgan fingerprint density at radius 3 is 3.06 bits per heavy atom. The lowest BCUT2D eigenvalue weighted by Gasteiger charge is -2.16. The van der Waals surface area contributed by atoms with E-state index < -0.39 is 0 Å². The van der Waals surface area contributed by atoms with Crippen molar-refractivity contribution in [2.75, 3.05) is 19.7 Å². The number of aliphatic hydroxyl groups excluding tert-OH is 1. The van der Waals surface area contributed by atoms with Crippen LogP contribution in [0, 0.1) is 12.8 Å². The highest BCUT2D eigenvalue weighted by molar-refractivity contribution is 5.94. The predicted molar refractivity (Wildman–Crippen MR) is 64.7 cm³/mol. The summed E-state index contributed by atoms with van der Waals surface area (Å²) in [7, 11) is 0. The van der Waals surface area contributed by atoms with E-state index in [0.29, 0.717) is 11.5 Å². The zero-order valence-corrected chi connectivity index (χ0v) is 10.1. The van der Waals surface area contributed by atoms with Crippen molar-refractivity contribution in [1.29, 1.82) is 0 Å². The molecule has 2 rings (SSSR count). The standard InChI is InChI=1S/C13H18N2O2/c1-10-2-3-12(8-14-10)13(17)15-6-4-11(9-15)5-7-16/h2-3,8,11,16H,4-7,9H2,1H3. The first-order valence-corrected chi connectivity index (χ1v) is 6.03. The smallest absolute Gasteiger partial charge is 0.255 e. The Balaban J connectivity index is 1.99. The Kier molecular flexibility index (Phi) is 3.74. The molecule has 2 heterocycles. The Labute approximate surface area is 101 Å². The molecule has 0 aromatic carbocycles. The third-order valence-corrected chi connectivity index (χ3v) is 3.27. The van der Waals surface area contributed by atoms with Crippen LogP contribution in [0.2, 0.25) is 0 Å². The van der Waals surface area contributed by atoms with Crippen molar-refractivity contribution in [3.8, 4) is 0 Å². The fourth-order valence-electron chi connectivity index (χ4n) is 2.21. The van der Waals surface area contributed by atoms with Crippen molar-refractivity contribution in [3.05, 3.63) is 29.6 Å². The van der Waals surface area contributed by atoms with Gasteiger partial charge >= 0.3 is 0 Å². The first kappa shape index (κ1) is 12.0. The topological polar surface area (TPSA) is 53.4 Å². The van der Waals surface area contributed by atoms with Crippen LogP contribution >= 0.6 is 0 Å². The highest BCUT2D eigenvalue weighted by atomic mass is 16.3. The summed E-state index contributed by atoms with van der Waals surface area (Å²) in [6.45, 7) is 3.66. The lowest BCUT2D eigenvalue weighted by Crippen LogP contribution is -2.28. The van der Waals surface area contributed by atoms with Crippen molar-refractivity contribution in [2.24, 2.45) is 5.92 Å². The van der Waals surface area contributed by atoms with Crippen LogP contribution in [-0.4, -0.2) is 40.6 Å². The second-order valence-corrected chi connectivity index (χ2v) is 4.61. The minimum Gasteiger partial charge on any atom is -0.396 e. The van der Waals surface area contributed by atoms with Gasteiger partial charge in [0.1, 0.15) is 0 Å². The van der Waals surface area contributed by atoms with E-state index in [1.165, 1.54) is 0 Å². The summed E-state index contributed by atoms with van der Waals surface area (Å²) < 4.78 is 0. The van der Waals surface area contributed by atoms with E-state index in [9.17, 15) is 4.79 Å². The number of nitrogens with zero attached hydrogens (tertiary/aromatic N) is 2. The molecule has 4 heteroatoms. The van der Waals surface area contributed by atoms with Gasteiger partial charge in [-0.3, -0.25) is 9.78 Å². The van der Waals surface area contributed by atoms with E-state index in [0.717, 1.165) is 31.6 Å². The third kappa shape index (κ3) is 2.82. The van der Waals surface area contributed by atoms with Crippen LogP contribution in [0.4, 0.5) is 0 Å². The minimum atomic E-state index is 0.0536. The lowest BCUT2D eigenvalue weighted by atomic mass is 10.1. The van der Waals surface area contributed by atoms with Gasteiger partial charge in [-0.15, -0.1) is 0 Å². The number of aliphatic hydroxyl groups is 1. The van der Waals surface area contributed by atoms with Crippen molar-refractivity contribution >= 4 is 5.91 Å². The molecule has 17 heavy (non-hydrogen) atoms. The molecular formula is C13H18N2O2. The number of carbonyl (C=O) groups excluding carboxylic acids is 1. The third-order valence-electron chi connectivity index (χ3n) is 3.27. The molecule has 1 saturated heterocycles. The van der Waals surface area contributed by atoms with Gasteiger partial charge in [0.15, 0.2) is 0 Å². The summed E-state index contributed by atoms with van der Waals surface area (Å²) >= 11 is 0. The molecule has 1 atom stereocenters. The highest BCUT2D eigenvalue weighted by Gasteiger charge is 2.26. The molecule has 1 fully saturated rings. The van der Waals surface area contributed by atoms with E-state index in [4.69, 9.17) is 5.11 Å². The molecule has 1 aliphatic rings. The summed E-state index contributed by atoms with van der Waals surface area (Å²) in [6, 6.07) is 3.68. The Morgan fingerprint density at radius 1 is 1.59 bits per heavy atom. The van der Waals surface area contributed by atoms with Gasteiger partial charge in [0.25, 0.3) is 5.91 Å². The lowest BCUT2D eigenvalue weighted by molar-refractivity contribution is 0.0784.